The number of halogens is 6. The molecule has 2 aromatic carbocycles. The van der Waals surface area contributed by atoms with Crippen LogP contribution in [0.2, 0.25) is 0 Å². The fourth-order valence-electron chi connectivity index (χ4n) is 3.50. The highest BCUT2D eigenvalue weighted by molar-refractivity contribution is 7.22. The smallest absolute Gasteiger partial charge is 0.279 e. The van der Waals surface area contributed by atoms with Crippen LogP contribution in [0.1, 0.15) is 38.2 Å². The van der Waals surface area contributed by atoms with Gasteiger partial charge in [0, 0.05) is 18.0 Å². The lowest BCUT2D eigenvalue weighted by molar-refractivity contribution is -0.143. The van der Waals surface area contributed by atoms with Crippen molar-refractivity contribution in [1.82, 2.24) is 9.97 Å². The number of hydrogen-bond acceptors (Lipinski definition) is 4. The van der Waals surface area contributed by atoms with Crippen molar-refractivity contribution >= 4 is 32.6 Å². The number of anilines is 1. The molecule has 0 aliphatic heterocycles. The quantitative estimate of drug-likeness (QED) is 0.274. The number of carbonyl (C=O) groups is 1. The Morgan fingerprint density at radius 2 is 1.57 bits per heavy atom. The van der Waals surface area contributed by atoms with Gasteiger partial charge in [-0.1, -0.05) is 29.5 Å². The van der Waals surface area contributed by atoms with Crippen LogP contribution in [0.5, 0.6) is 0 Å². The minimum atomic E-state index is -5.07. The zero-order chi connectivity index (χ0) is 25.5. The molecule has 4 nitrogen and oxygen atoms in total. The van der Waals surface area contributed by atoms with Gasteiger partial charge in [0.2, 0.25) is 0 Å². The first-order valence-electron chi connectivity index (χ1n) is 10.2. The lowest BCUT2D eigenvalue weighted by Gasteiger charge is -2.21. The SMILES string of the molecule is Cc1ccc(C)c2sc(N(Cc3cccnc3)C(=O)c3cc(C(F)(F)F)cc(C(F)(F)F)c3)nc12. The molecular weight excluding hydrogens is 492 g/mol. The van der Waals surface area contributed by atoms with E-state index in [0.717, 1.165) is 32.1 Å². The second-order valence-corrected chi connectivity index (χ2v) is 8.90. The topological polar surface area (TPSA) is 46.1 Å². The molecule has 0 saturated heterocycles. The van der Waals surface area contributed by atoms with Crippen molar-refractivity contribution in [3.63, 3.8) is 0 Å². The van der Waals surface area contributed by atoms with Gasteiger partial charge in [0.25, 0.3) is 5.91 Å². The molecule has 0 N–H and O–H groups in total. The summed E-state index contributed by atoms with van der Waals surface area (Å²) >= 11 is 1.14. The zero-order valence-corrected chi connectivity index (χ0v) is 19.1. The molecule has 0 radical (unpaired) electrons. The maximum Gasteiger partial charge on any atom is 0.416 e. The minimum absolute atomic E-state index is 0.00730. The van der Waals surface area contributed by atoms with Crippen molar-refractivity contribution in [1.29, 1.82) is 0 Å². The zero-order valence-electron chi connectivity index (χ0n) is 18.3. The van der Waals surface area contributed by atoms with E-state index in [-0.39, 0.29) is 17.7 Å². The summed E-state index contributed by atoms with van der Waals surface area (Å²) in [6.07, 6.45) is -7.19. The molecule has 4 aromatic rings. The van der Waals surface area contributed by atoms with Gasteiger partial charge in [0.15, 0.2) is 5.13 Å². The second kappa shape index (κ2) is 8.95. The molecule has 0 aliphatic carbocycles. The van der Waals surface area contributed by atoms with Crippen LogP contribution < -0.4 is 4.90 Å². The molecule has 182 valence electrons. The third-order valence-electron chi connectivity index (χ3n) is 5.31. The first-order chi connectivity index (χ1) is 16.3. The Hall–Kier alpha value is -3.47. The van der Waals surface area contributed by atoms with Gasteiger partial charge in [-0.25, -0.2) is 4.98 Å². The second-order valence-electron chi connectivity index (χ2n) is 7.92. The summed E-state index contributed by atoms with van der Waals surface area (Å²) in [6, 6.07) is 7.81. The minimum Gasteiger partial charge on any atom is -0.279 e. The molecule has 0 unspecified atom stereocenters. The molecule has 0 spiro atoms. The molecule has 11 heteroatoms. The highest BCUT2D eigenvalue weighted by Crippen LogP contribution is 2.38. The summed E-state index contributed by atoms with van der Waals surface area (Å²) in [5, 5.41) is 0.150. The number of alkyl halides is 6. The number of aromatic nitrogens is 2. The third kappa shape index (κ3) is 5.14. The van der Waals surface area contributed by atoms with Crippen LogP contribution in [0.15, 0.2) is 54.9 Å². The predicted octanol–water partition coefficient (Wildman–Crippen LogP) is 7.19. The largest absolute Gasteiger partial charge is 0.416 e. The average Bonchev–Trinajstić information content (AvgIpc) is 3.25. The van der Waals surface area contributed by atoms with Crippen LogP contribution in [0.4, 0.5) is 31.5 Å². The monoisotopic (exact) mass is 509 g/mol. The Morgan fingerprint density at radius 3 is 2.11 bits per heavy atom. The number of nitrogens with zero attached hydrogens (tertiary/aromatic N) is 3. The number of pyridine rings is 1. The summed E-state index contributed by atoms with van der Waals surface area (Å²) in [4.78, 5) is 23.1. The molecule has 1 amide bonds. The van der Waals surface area contributed by atoms with Crippen LogP contribution in [0, 0.1) is 13.8 Å². The normalized spacial score (nSPS) is 12.2. The molecule has 0 fully saturated rings. The predicted molar refractivity (Wildman–Crippen MR) is 120 cm³/mol. The first-order valence-corrected chi connectivity index (χ1v) is 11.0. The Morgan fingerprint density at radius 1 is 0.943 bits per heavy atom. The Bertz CT molecular complexity index is 1330. The molecule has 0 atom stereocenters. The van der Waals surface area contributed by atoms with Gasteiger partial charge in [-0.05, 0) is 54.8 Å². The van der Waals surface area contributed by atoms with Crippen LogP contribution in [0.3, 0.4) is 0 Å². The van der Waals surface area contributed by atoms with Crippen molar-refractivity contribution in [2.24, 2.45) is 0 Å². The van der Waals surface area contributed by atoms with Crippen LogP contribution in [-0.4, -0.2) is 15.9 Å². The van der Waals surface area contributed by atoms with E-state index in [1.54, 1.807) is 12.1 Å². The average molecular weight is 509 g/mol. The molecule has 4 rings (SSSR count). The molecule has 0 bridgehead atoms. The summed E-state index contributed by atoms with van der Waals surface area (Å²) in [5.41, 5.74) is -1.04. The van der Waals surface area contributed by atoms with E-state index in [4.69, 9.17) is 0 Å². The van der Waals surface area contributed by atoms with Gasteiger partial charge in [0.05, 0.1) is 27.9 Å². The lowest BCUT2D eigenvalue weighted by Crippen LogP contribution is -2.31. The number of amides is 1. The number of benzene rings is 2. The van der Waals surface area contributed by atoms with Crippen molar-refractivity contribution in [2.45, 2.75) is 32.7 Å². The molecule has 0 aliphatic rings. The summed E-state index contributed by atoms with van der Waals surface area (Å²) in [6.45, 7) is 3.52. The number of thiazole rings is 1. The number of rotatable bonds is 4. The Kier molecular flexibility index (Phi) is 6.31. The summed E-state index contributed by atoms with van der Waals surface area (Å²) in [7, 11) is 0. The van der Waals surface area contributed by atoms with E-state index in [0.29, 0.717) is 23.2 Å². The lowest BCUT2D eigenvalue weighted by atomic mass is 10.0. The molecule has 35 heavy (non-hydrogen) atoms. The highest BCUT2D eigenvalue weighted by Gasteiger charge is 2.38. The maximum absolute atomic E-state index is 13.5. The molecular formula is C24H17F6N3OS. The van der Waals surface area contributed by atoms with E-state index in [1.165, 1.54) is 12.4 Å². The van der Waals surface area contributed by atoms with Gasteiger partial charge < -0.3 is 0 Å². The van der Waals surface area contributed by atoms with Gasteiger partial charge in [-0.2, -0.15) is 26.3 Å². The van der Waals surface area contributed by atoms with Gasteiger partial charge in [-0.3, -0.25) is 14.7 Å². The van der Waals surface area contributed by atoms with Crippen LogP contribution in [-0.2, 0) is 18.9 Å². The highest BCUT2D eigenvalue weighted by atomic mass is 32.1. The van der Waals surface area contributed by atoms with E-state index < -0.39 is 35.0 Å². The third-order valence-corrected chi connectivity index (χ3v) is 6.52. The van der Waals surface area contributed by atoms with Gasteiger partial charge in [-0.15, -0.1) is 0 Å². The summed E-state index contributed by atoms with van der Waals surface area (Å²) in [5.74, 6) is -1.04. The number of aryl methyl sites for hydroxylation is 2. The first kappa shape index (κ1) is 24.6. The number of fused-ring (bicyclic) bond motifs is 1. The maximum atomic E-state index is 13.5. The molecule has 2 heterocycles. The van der Waals surface area contributed by atoms with Crippen molar-refractivity contribution < 1.29 is 31.1 Å². The Balaban J connectivity index is 1.88. The molecule has 0 saturated carbocycles. The fourth-order valence-corrected chi connectivity index (χ4v) is 4.61. The number of hydrogen-bond donors (Lipinski definition) is 0. The van der Waals surface area contributed by atoms with E-state index in [2.05, 4.69) is 9.97 Å². The fraction of sp³-hybridized carbons (Fsp3) is 0.208. The van der Waals surface area contributed by atoms with Crippen LogP contribution in [0.25, 0.3) is 10.2 Å². The van der Waals surface area contributed by atoms with E-state index >= 15 is 0 Å². The molecule has 2 aromatic heterocycles. The summed E-state index contributed by atoms with van der Waals surface area (Å²) < 4.78 is 81.1. The Labute approximate surface area is 199 Å². The van der Waals surface area contributed by atoms with E-state index in [9.17, 15) is 31.1 Å². The van der Waals surface area contributed by atoms with Gasteiger partial charge in [0.1, 0.15) is 0 Å². The van der Waals surface area contributed by atoms with Gasteiger partial charge >= 0.3 is 12.4 Å². The van der Waals surface area contributed by atoms with Crippen molar-refractivity contribution in [2.75, 3.05) is 4.90 Å². The van der Waals surface area contributed by atoms with Crippen LogP contribution >= 0.6 is 11.3 Å². The van der Waals surface area contributed by atoms with E-state index in [1.807, 2.05) is 26.0 Å². The standard InChI is InChI=1S/C24H17F6N3OS/c1-13-5-6-14(2)20-19(13)32-22(35-20)33(12-15-4-3-7-31-11-15)21(34)16-8-17(23(25,26)27)10-18(9-16)24(28,29)30/h3-11H,12H2,1-2H3. The number of carbonyl (C=O) groups excluding carboxylic acids is 1. The van der Waals surface area contributed by atoms with Crippen molar-refractivity contribution in [3.8, 4) is 0 Å². The van der Waals surface area contributed by atoms with Crippen molar-refractivity contribution in [3.05, 3.63) is 88.2 Å².